The van der Waals surface area contributed by atoms with Gasteiger partial charge in [-0.15, -0.1) is 0 Å². The van der Waals surface area contributed by atoms with Crippen molar-refractivity contribution in [3.8, 4) is 11.6 Å². The fraction of sp³-hybridized carbons (Fsp3) is 0.522. The van der Waals surface area contributed by atoms with Gasteiger partial charge < -0.3 is 25.4 Å². The Morgan fingerprint density at radius 3 is 2.61 bits per heavy atom. The molecule has 1 aliphatic rings. The molecule has 0 aliphatic carbocycles. The molecule has 0 spiro atoms. The predicted octanol–water partition coefficient (Wildman–Crippen LogP) is 3.91. The first-order valence-electron chi connectivity index (χ1n) is 11.0. The quantitative estimate of drug-likeness (QED) is 0.474. The van der Waals surface area contributed by atoms with Gasteiger partial charge in [0.1, 0.15) is 17.7 Å². The van der Waals surface area contributed by atoms with Crippen LogP contribution in [0.4, 0.5) is 19.3 Å². The van der Waals surface area contributed by atoms with Gasteiger partial charge in [-0.3, -0.25) is 0 Å². The lowest BCUT2D eigenvalue weighted by Gasteiger charge is -2.33. The van der Waals surface area contributed by atoms with Crippen LogP contribution in [0.3, 0.4) is 0 Å². The van der Waals surface area contributed by atoms with Crippen LogP contribution in [0.5, 0.6) is 11.6 Å². The van der Waals surface area contributed by atoms with E-state index in [1.807, 2.05) is 20.8 Å². The summed E-state index contributed by atoms with van der Waals surface area (Å²) >= 11 is 0. The van der Waals surface area contributed by atoms with Crippen molar-refractivity contribution in [2.75, 3.05) is 31.9 Å². The zero-order chi connectivity index (χ0) is 24.0. The molecule has 1 fully saturated rings. The number of rotatable bonds is 7. The van der Waals surface area contributed by atoms with E-state index in [1.165, 1.54) is 6.33 Å². The second-order valence-electron chi connectivity index (χ2n) is 9.12. The van der Waals surface area contributed by atoms with Gasteiger partial charge in [-0.1, -0.05) is 0 Å². The Kier molecular flexibility index (Phi) is 8.01. The number of carbonyl (C=O) groups excluding carboxylic acids is 1. The first-order chi connectivity index (χ1) is 15.6. The van der Waals surface area contributed by atoms with Crippen molar-refractivity contribution in [1.29, 1.82) is 0 Å². The molecule has 1 amide bonds. The normalized spacial score (nSPS) is 14.9. The summed E-state index contributed by atoms with van der Waals surface area (Å²) in [7, 11) is 0. The maximum absolute atomic E-state index is 13.9. The van der Waals surface area contributed by atoms with E-state index in [2.05, 4.69) is 15.3 Å². The highest BCUT2D eigenvalue weighted by atomic mass is 19.1. The Balaban J connectivity index is 1.40. The molecule has 0 radical (unpaired) electrons. The fourth-order valence-electron chi connectivity index (χ4n) is 3.47. The Hall–Kier alpha value is -3.01. The second kappa shape index (κ2) is 10.7. The number of halogens is 2. The molecule has 10 heteroatoms. The largest absolute Gasteiger partial charge is 0.444 e. The highest BCUT2D eigenvalue weighted by Crippen LogP contribution is 2.27. The van der Waals surface area contributed by atoms with E-state index in [-0.39, 0.29) is 23.4 Å². The van der Waals surface area contributed by atoms with Crippen molar-refractivity contribution in [3.63, 3.8) is 0 Å². The first kappa shape index (κ1) is 24.6. The third kappa shape index (κ3) is 7.52. The van der Waals surface area contributed by atoms with Crippen LogP contribution in [-0.4, -0.2) is 52.7 Å². The number of nitrogen functional groups attached to an aromatic ring is 1. The number of piperidine rings is 1. The Morgan fingerprint density at radius 1 is 1.18 bits per heavy atom. The third-order valence-electron chi connectivity index (χ3n) is 5.22. The summed E-state index contributed by atoms with van der Waals surface area (Å²) < 4.78 is 38.3. The molecule has 0 bridgehead atoms. The van der Waals surface area contributed by atoms with E-state index in [0.29, 0.717) is 37.7 Å². The number of ether oxygens (including phenoxy) is 2. The lowest BCUT2D eigenvalue weighted by molar-refractivity contribution is 0.0184. The van der Waals surface area contributed by atoms with Crippen molar-refractivity contribution in [3.05, 3.63) is 41.9 Å². The van der Waals surface area contributed by atoms with Gasteiger partial charge >= 0.3 is 6.09 Å². The molecule has 1 aliphatic heterocycles. The number of hydrogen-bond donors (Lipinski definition) is 2. The number of hydrogen-bond acceptors (Lipinski definition) is 7. The summed E-state index contributed by atoms with van der Waals surface area (Å²) in [5, 5.41) is 3.42. The van der Waals surface area contributed by atoms with Gasteiger partial charge in [0.2, 0.25) is 5.88 Å². The van der Waals surface area contributed by atoms with Gasteiger partial charge in [0.15, 0.2) is 11.6 Å². The van der Waals surface area contributed by atoms with Crippen molar-refractivity contribution in [2.45, 2.75) is 45.6 Å². The maximum atomic E-state index is 13.9. The molecule has 3 rings (SSSR count). The average molecular weight is 464 g/mol. The zero-order valence-electron chi connectivity index (χ0n) is 19.2. The van der Waals surface area contributed by atoms with Crippen molar-refractivity contribution in [1.82, 2.24) is 20.2 Å². The maximum Gasteiger partial charge on any atom is 0.410 e. The number of nitrogens with one attached hydrogen (secondary N) is 1. The van der Waals surface area contributed by atoms with Crippen LogP contribution < -0.4 is 15.8 Å². The predicted molar refractivity (Wildman–Crippen MR) is 120 cm³/mol. The average Bonchev–Trinajstić information content (AvgIpc) is 2.74. The first-order valence-corrected chi connectivity index (χ1v) is 11.0. The van der Waals surface area contributed by atoms with E-state index in [1.54, 1.807) is 11.0 Å². The molecule has 1 aromatic carbocycles. The smallest absolute Gasteiger partial charge is 0.410 e. The Labute approximate surface area is 192 Å². The fourth-order valence-corrected chi connectivity index (χ4v) is 3.47. The lowest BCUT2D eigenvalue weighted by Crippen LogP contribution is -2.43. The SMILES string of the molecule is CC(C)(C)OC(=O)N1CCC(CNCCc2cc(Oc3cc(F)c(N)cc3F)ncn2)CC1. The number of nitrogens with zero attached hydrogens (tertiary/aromatic N) is 3. The molecule has 3 N–H and O–H groups in total. The van der Waals surface area contributed by atoms with Gasteiger partial charge in [-0.2, -0.15) is 0 Å². The van der Waals surface area contributed by atoms with Gasteiger partial charge in [0.05, 0.1) is 5.69 Å². The van der Waals surface area contributed by atoms with Crippen molar-refractivity contribution in [2.24, 2.45) is 5.92 Å². The number of carbonyl (C=O) groups is 1. The van der Waals surface area contributed by atoms with Crippen LogP contribution in [0.1, 0.15) is 39.3 Å². The van der Waals surface area contributed by atoms with E-state index in [0.717, 1.165) is 31.5 Å². The summed E-state index contributed by atoms with van der Waals surface area (Å²) in [6.07, 6.45) is 3.53. The molecule has 2 heterocycles. The van der Waals surface area contributed by atoms with Crippen LogP contribution in [0.25, 0.3) is 0 Å². The van der Waals surface area contributed by atoms with Gasteiger partial charge in [-0.25, -0.2) is 23.5 Å². The molecule has 33 heavy (non-hydrogen) atoms. The molecule has 180 valence electrons. The van der Waals surface area contributed by atoms with E-state index >= 15 is 0 Å². The second-order valence-corrected chi connectivity index (χ2v) is 9.12. The third-order valence-corrected chi connectivity index (χ3v) is 5.22. The number of anilines is 1. The van der Waals surface area contributed by atoms with E-state index in [9.17, 15) is 13.6 Å². The van der Waals surface area contributed by atoms with Crippen LogP contribution in [-0.2, 0) is 11.2 Å². The highest BCUT2D eigenvalue weighted by molar-refractivity contribution is 5.68. The minimum absolute atomic E-state index is 0.123. The lowest BCUT2D eigenvalue weighted by atomic mass is 9.97. The van der Waals surface area contributed by atoms with Crippen molar-refractivity contribution >= 4 is 11.8 Å². The molecule has 0 atom stereocenters. The Morgan fingerprint density at radius 2 is 1.91 bits per heavy atom. The number of benzene rings is 1. The van der Waals surface area contributed by atoms with Crippen LogP contribution in [0.2, 0.25) is 0 Å². The molecule has 8 nitrogen and oxygen atoms in total. The topological polar surface area (TPSA) is 103 Å². The van der Waals surface area contributed by atoms with Gasteiger partial charge in [-0.05, 0) is 46.1 Å². The van der Waals surface area contributed by atoms with Crippen LogP contribution in [0.15, 0.2) is 24.5 Å². The number of aromatic nitrogens is 2. The molecular weight excluding hydrogens is 432 g/mol. The molecule has 2 aromatic rings. The monoisotopic (exact) mass is 463 g/mol. The molecule has 1 saturated heterocycles. The minimum Gasteiger partial charge on any atom is -0.444 e. The van der Waals surface area contributed by atoms with Crippen LogP contribution >= 0.6 is 0 Å². The molecule has 0 saturated carbocycles. The minimum atomic E-state index is -0.770. The van der Waals surface area contributed by atoms with Crippen LogP contribution in [0, 0.1) is 17.6 Å². The van der Waals surface area contributed by atoms with E-state index in [4.69, 9.17) is 15.2 Å². The van der Waals surface area contributed by atoms with Gasteiger partial charge in [0.25, 0.3) is 0 Å². The summed E-state index contributed by atoms with van der Waals surface area (Å²) in [5.74, 6) is -1.22. The number of amides is 1. The highest BCUT2D eigenvalue weighted by Gasteiger charge is 2.26. The molecule has 0 unspecified atom stereocenters. The number of nitrogens with two attached hydrogens (primary N) is 1. The zero-order valence-corrected chi connectivity index (χ0v) is 19.2. The molecular formula is C23H31F2N5O3. The van der Waals surface area contributed by atoms with Crippen molar-refractivity contribution < 1.29 is 23.0 Å². The van der Waals surface area contributed by atoms with E-state index < -0.39 is 17.2 Å². The number of likely N-dealkylation sites (tertiary alicyclic amines) is 1. The summed E-state index contributed by atoms with van der Waals surface area (Å²) in [5.41, 5.74) is 5.28. The van der Waals surface area contributed by atoms with Gasteiger partial charge in [0, 0.05) is 49.9 Å². The summed E-state index contributed by atoms with van der Waals surface area (Å²) in [4.78, 5) is 22.1. The standard InChI is InChI=1S/C23H31F2N5O3/c1-23(2,3)33-22(31)30-8-5-15(6-9-30)13-27-7-4-16-10-21(29-14-28-16)32-20-12-17(24)19(26)11-18(20)25/h10-12,14-15,27H,4-9,13,26H2,1-3H3. The summed E-state index contributed by atoms with van der Waals surface area (Å²) in [6.45, 7) is 8.51. The molecule has 1 aromatic heterocycles. The Bertz CT molecular complexity index is 960. The summed E-state index contributed by atoms with van der Waals surface area (Å²) in [6, 6.07) is 3.35.